The van der Waals surface area contributed by atoms with E-state index in [4.69, 9.17) is 15.2 Å². The molecule has 3 nitrogen and oxygen atoms in total. The quantitative estimate of drug-likeness (QED) is 0.867. The average molecular weight is 295 g/mol. The summed E-state index contributed by atoms with van der Waals surface area (Å²) in [6.07, 6.45) is 6.84. The largest absolute Gasteiger partial charge is 0.497 e. The van der Waals surface area contributed by atoms with Gasteiger partial charge in [0.05, 0.1) is 14.2 Å². The second kappa shape index (κ2) is 7.79. The molecule has 1 unspecified atom stereocenters. The molecule has 1 fully saturated rings. The number of benzene rings is 1. The Bertz CT molecular complexity index is 397. The van der Waals surface area contributed by atoms with Gasteiger partial charge in [-0.25, -0.2) is 0 Å². The normalized spacial score (nSPS) is 17.8. The second-order valence-corrected chi connectivity index (χ2v) is 6.68. The van der Waals surface area contributed by atoms with E-state index >= 15 is 0 Å². The van der Waals surface area contributed by atoms with Crippen LogP contribution >= 0.6 is 11.8 Å². The molecule has 0 saturated heterocycles. The fraction of sp³-hybridized carbons (Fsp3) is 0.625. The Hall–Kier alpha value is -0.870. The van der Waals surface area contributed by atoms with Gasteiger partial charge in [0.15, 0.2) is 0 Å². The third-order valence-corrected chi connectivity index (χ3v) is 5.36. The van der Waals surface area contributed by atoms with Gasteiger partial charge in [-0.3, -0.25) is 0 Å². The molecule has 0 bridgehead atoms. The van der Waals surface area contributed by atoms with Gasteiger partial charge < -0.3 is 15.2 Å². The number of rotatable bonds is 6. The van der Waals surface area contributed by atoms with Crippen molar-refractivity contribution >= 4 is 11.8 Å². The number of nitrogens with two attached hydrogens (primary N) is 1. The Balaban J connectivity index is 1.95. The molecule has 2 N–H and O–H groups in total. The predicted octanol–water partition coefficient (Wildman–Crippen LogP) is 3.77. The van der Waals surface area contributed by atoms with E-state index in [-0.39, 0.29) is 6.04 Å². The maximum atomic E-state index is 6.33. The minimum absolute atomic E-state index is 0.0333. The number of thioether (sulfide) groups is 1. The van der Waals surface area contributed by atoms with Crippen LogP contribution in [0, 0.1) is 0 Å². The minimum atomic E-state index is 0.0333. The summed E-state index contributed by atoms with van der Waals surface area (Å²) in [5.41, 5.74) is 7.41. The van der Waals surface area contributed by atoms with E-state index in [2.05, 4.69) is 0 Å². The highest BCUT2D eigenvalue weighted by molar-refractivity contribution is 7.99. The molecule has 0 radical (unpaired) electrons. The lowest BCUT2D eigenvalue weighted by Crippen LogP contribution is -2.17. The van der Waals surface area contributed by atoms with Gasteiger partial charge in [0.1, 0.15) is 11.5 Å². The Morgan fingerprint density at radius 3 is 2.25 bits per heavy atom. The molecular formula is C16H25NO2S. The van der Waals surface area contributed by atoms with Crippen molar-refractivity contribution in [2.45, 2.75) is 43.4 Å². The molecule has 2 rings (SSSR count). The smallest absolute Gasteiger partial charge is 0.122 e. The molecule has 1 aromatic rings. The molecule has 0 amide bonds. The summed E-state index contributed by atoms with van der Waals surface area (Å²) < 4.78 is 10.6. The van der Waals surface area contributed by atoms with E-state index < -0.39 is 0 Å². The van der Waals surface area contributed by atoms with Crippen molar-refractivity contribution in [1.29, 1.82) is 0 Å². The summed E-state index contributed by atoms with van der Waals surface area (Å²) in [7, 11) is 3.34. The Morgan fingerprint density at radius 2 is 1.70 bits per heavy atom. The molecule has 1 aliphatic rings. The van der Waals surface area contributed by atoms with Gasteiger partial charge >= 0.3 is 0 Å². The van der Waals surface area contributed by atoms with Crippen molar-refractivity contribution in [2.75, 3.05) is 20.0 Å². The molecule has 1 saturated carbocycles. The molecule has 0 heterocycles. The average Bonchev–Trinajstić information content (AvgIpc) is 2.52. The van der Waals surface area contributed by atoms with Crippen molar-refractivity contribution in [1.82, 2.24) is 0 Å². The Kier molecular flexibility index (Phi) is 6.05. The van der Waals surface area contributed by atoms with Crippen LogP contribution in [0.3, 0.4) is 0 Å². The third kappa shape index (κ3) is 4.32. The van der Waals surface area contributed by atoms with Gasteiger partial charge in [0, 0.05) is 23.1 Å². The Labute approximate surface area is 126 Å². The zero-order valence-electron chi connectivity index (χ0n) is 12.4. The van der Waals surface area contributed by atoms with Crippen molar-refractivity contribution in [2.24, 2.45) is 5.73 Å². The topological polar surface area (TPSA) is 44.5 Å². The molecule has 4 heteroatoms. The van der Waals surface area contributed by atoms with Crippen molar-refractivity contribution in [3.63, 3.8) is 0 Å². The number of hydrogen-bond donors (Lipinski definition) is 1. The predicted molar refractivity (Wildman–Crippen MR) is 85.8 cm³/mol. The summed E-state index contributed by atoms with van der Waals surface area (Å²) in [6, 6.07) is 5.93. The molecule has 112 valence electrons. The van der Waals surface area contributed by atoms with Crippen LogP contribution < -0.4 is 15.2 Å². The SMILES string of the molecule is COc1cc(OC)cc(C(N)CSC2CCCCC2)c1. The van der Waals surface area contributed by atoms with Crippen LogP contribution in [-0.2, 0) is 0 Å². The van der Waals surface area contributed by atoms with Gasteiger partial charge in [-0.05, 0) is 30.5 Å². The first kappa shape index (κ1) is 15.5. The molecule has 20 heavy (non-hydrogen) atoms. The monoisotopic (exact) mass is 295 g/mol. The summed E-state index contributed by atoms with van der Waals surface area (Å²) in [5, 5.41) is 0.794. The molecular weight excluding hydrogens is 270 g/mol. The minimum Gasteiger partial charge on any atom is -0.497 e. The molecule has 0 spiro atoms. The first-order valence-electron chi connectivity index (χ1n) is 7.33. The van der Waals surface area contributed by atoms with Gasteiger partial charge in [-0.2, -0.15) is 11.8 Å². The van der Waals surface area contributed by atoms with Crippen molar-refractivity contribution < 1.29 is 9.47 Å². The Morgan fingerprint density at radius 1 is 1.10 bits per heavy atom. The van der Waals surface area contributed by atoms with Crippen molar-refractivity contribution in [3.05, 3.63) is 23.8 Å². The fourth-order valence-corrected chi connectivity index (χ4v) is 3.95. The molecule has 1 aromatic carbocycles. The van der Waals surface area contributed by atoms with Crippen molar-refractivity contribution in [3.8, 4) is 11.5 Å². The fourth-order valence-electron chi connectivity index (χ4n) is 2.61. The summed E-state index contributed by atoms with van der Waals surface area (Å²) >= 11 is 2.02. The van der Waals surface area contributed by atoms with Gasteiger partial charge in [0.2, 0.25) is 0 Å². The maximum Gasteiger partial charge on any atom is 0.122 e. The standard InChI is InChI=1S/C16H25NO2S/c1-18-13-8-12(9-14(10-13)19-2)16(17)11-20-15-6-4-3-5-7-15/h8-10,15-16H,3-7,11,17H2,1-2H3. The van der Waals surface area contributed by atoms with Gasteiger partial charge in [-0.1, -0.05) is 19.3 Å². The zero-order chi connectivity index (χ0) is 14.4. The van der Waals surface area contributed by atoms with Crippen LogP contribution in [0.1, 0.15) is 43.7 Å². The maximum absolute atomic E-state index is 6.33. The van der Waals surface area contributed by atoms with Crippen LogP contribution in [0.15, 0.2) is 18.2 Å². The van der Waals surface area contributed by atoms with Crippen LogP contribution in [0.5, 0.6) is 11.5 Å². The first-order valence-corrected chi connectivity index (χ1v) is 8.38. The molecule has 1 aliphatic carbocycles. The number of ether oxygens (including phenoxy) is 2. The highest BCUT2D eigenvalue weighted by Crippen LogP contribution is 2.32. The van der Waals surface area contributed by atoms with E-state index in [0.29, 0.717) is 0 Å². The van der Waals surface area contributed by atoms with Crippen LogP contribution in [-0.4, -0.2) is 25.2 Å². The first-order chi connectivity index (χ1) is 9.72. The molecule has 0 aliphatic heterocycles. The van der Waals surface area contributed by atoms with E-state index in [9.17, 15) is 0 Å². The summed E-state index contributed by atoms with van der Waals surface area (Å²) in [5.74, 6) is 2.57. The lowest BCUT2D eigenvalue weighted by Gasteiger charge is -2.23. The third-order valence-electron chi connectivity index (χ3n) is 3.87. The lowest BCUT2D eigenvalue weighted by molar-refractivity contribution is 0.393. The van der Waals surface area contributed by atoms with E-state index in [1.165, 1.54) is 32.1 Å². The van der Waals surface area contributed by atoms with Crippen LogP contribution in [0.25, 0.3) is 0 Å². The van der Waals surface area contributed by atoms with E-state index in [1.54, 1.807) is 14.2 Å². The highest BCUT2D eigenvalue weighted by atomic mass is 32.2. The van der Waals surface area contributed by atoms with Crippen LogP contribution in [0.4, 0.5) is 0 Å². The number of methoxy groups -OCH3 is 2. The zero-order valence-corrected chi connectivity index (χ0v) is 13.2. The number of hydrogen-bond acceptors (Lipinski definition) is 4. The van der Waals surface area contributed by atoms with Gasteiger partial charge in [-0.15, -0.1) is 0 Å². The molecule has 1 atom stereocenters. The van der Waals surface area contributed by atoms with Crippen LogP contribution in [0.2, 0.25) is 0 Å². The summed E-state index contributed by atoms with van der Waals surface area (Å²) in [6.45, 7) is 0. The molecule has 0 aromatic heterocycles. The summed E-state index contributed by atoms with van der Waals surface area (Å²) in [4.78, 5) is 0. The highest BCUT2D eigenvalue weighted by Gasteiger charge is 2.16. The second-order valence-electron chi connectivity index (χ2n) is 5.35. The van der Waals surface area contributed by atoms with Gasteiger partial charge in [0.25, 0.3) is 0 Å². The lowest BCUT2D eigenvalue weighted by atomic mass is 10.0. The van der Waals surface area contributed by atoms with E-state index in [1.807, 2.05) is 30.0 Å². The van der Waals surface area contributed by atoms with E-state index in [0.717, 1.165) is 28.1 Å².